The first-order valence-corrected chi connectivity index (χ1v) is 13.2. The lowest BCUT2D eigenvalue weighted by Gasteiger charge is -2.08. The Morgan fingerprint density at radius 2 is 1.97 bits per heavy atom. The number of carbonyl (C=O) groups excluding carboxylic acids is 1. The highest BCUT2D eigenvalue weighted by Gasteiger charge is 2.09. The first kappa shape index (κ1) is 23.7. The molecular formula is C25H22IN3O2S2. The number of benzene rings is 3. The van der Waals surface area contributed by atoms with E-state index in [1.807, 2.05) is 54.6 Å². The second-order valence-electron chi connectivity index (χ2n) is 7.71. The standard InChI is InChI=1S/C25H22IN3O2S2/c1-15(2)16-3-6-19(7-4-16)28-24(31)14-32-25-29-21-9-8-20(12-23(21)33-25)27-13-17-11-18(26)5-10-22(17)30/h3-13,15,30H,14H2,1-2H3,(H,28,31). The Hall–Kier alpha value is -2.43. The number of rotatable bonds is 7. The predicted molar refractivity (Wildman–Crippen MR) is 148 cm³/mol. The van der Waals surface area contributed by atoms with Crippen LogP contribution < -0.4 is 5.32 Å². The first-order valence-electron chi connectivity index (χ1n) is 10.3. The van der Waals surface area contributed by atoms with Crippen molar-refractivity contribution in [2.45, 2.75) is 24.1 Å². The molecule has 0 fully saturated rings. The van der Waals surface area contributed by atoms with E-state index in [0.717, 1.165) is 29.5 Å². The van der Waals surface area contributed by atoms with Crippen molar-refractivity contribution in [2.75, 3.05) is 11.1 Å². The Morgan fingerprint density at radius 1 is 1.18 bits per heavy atom. The third-order valence-corrected chi connectivity index (χ3v) is 7.71. The molecule has 168 valence electrons. The highest BCUT2D eigenvalue weighted by atomic mass is 127. The Balaban J connectivity index is 1.38. The maximum atomic E-state index is 12.4. The monoisotopic (exact) mass is 587 g/mol. The molecule has 2 N–H and O–H groups in total. The molecule has 0 radical (unpaired) electrons. The molecule has 0 unspecified atom stereocenters. The number of aromatic nitrogens is 1. The number of halogens is 1. The van der Waals surface area contributed by atoms with Gasteiger partial charge in [0.2, 0.25) is 5.91 Å². The van der Waals surface area contributed by atoms with Gasteiger partial charge in [0.25, 0.3) is 0 Å². The molecule has 1 heterocycles. The summed E-state index contributed by atoms with van der Waals surface area (Å²) in [6.45, 7) is 4.29. The maximum absolute atomic E-state index is 12.4. The van der Waals surface area contributed by atoms with Crippen molar-refractivity contribution in [1.29, 1.82) is 0 Å². The van der Waals surface area contributed by atoms with Crippen LogP contribution in [0.2, 0.25) is 0 Å². The van der Waals surface area contributed by atoms with Crippen molar-refractivity contribution in [1.82, 2.24) is 4.98 Å². The topological polar surface area (TPSA) is 74.6 Å². The highest BCUT2D eigenvalue weighted by molar-refractivity contribution is 14.1. The van der Waals surface area contributed by atoms with Gasteiger partial charge in [0.05, 0.1) is 21.7 Å². The predicted octanol–water partition coefficient (Wildman–Crippen LogP) is 7.21. The normalized spacial score (nSPS) is 11.5. The van der Waals surface area contributed by atoms with Crippen LogP contribution in [0.15, 0.2) is 70.0 Å². The van der Waals surface area contributed by atoms with Gasteiger partial charge in [0.1, 0.15) is 5.75 Å². The van der Waals surface area contributed by atoms with Crippen LogP contribution in [0, 0.1) is 3.57 Å². The highest BCUT2D eigenvalue weighted by Crippen LogP contribution is 2.32. The average molecular weight is 588 g/mol. The number of aliphatic imine (C=N–C) groups is 1. The van der Waals surface area contributed by atoms with Gasteiger partial charge in [-0.3, -0.25) is 9.79 Å². The number of phenols is 1. The number of thiazole rings is 1. The molecule has 3 aromatic carbocycles. The Bertz CT molecular complexity index is 1320. The largest absolute Gasteiger partial charge is 0.507 e. The molecule has 0 saturated carbocycles. The fourth-order valence-corrected chi connectivity index (χ4v) is 5.50. The number of nitrogens with zero attached hydrogens (tertiary/aromatic N) is 2. The average Bonchev–Trinajstić information content (AvgIpc) is 3.21. The van der Waals surface area contributed by atoms with Crippen LogP contribution in [0.1, 0.15) is 30.9 Å². The third kappa shape index (κ3) is 6.33. The van der Waals surface area contributed by atoms with Crippen LogP contribution in [0.3, 0.4) is 0 Å². The number of phenolic OH excluding ortho intramolecular Hbond substituents is 1. The van der Waals surface area contributed by atoms with Crippen molar-refractivity contribution in [2.24, 2.45) is 4.99 Å². The van der Waals surface area contributed by atoms with Gasteiger partial charge in [-0.25, -0.2) is 4.98 Å². The Labute approximate surface area is 214 Å². The van der Waals surface area contributed by atoms with Crippen LogP contribution in [0.5, 0.6) is 5.75 Å². The first-order chi connectivity index (χ1) is 15.9. The van der Waals surface area contributed by atoms with Gasteiger partial charge in [-0.05, 0) is 82.6 Å². The quantitative estimate of drug-likeness (QED) is 0.136. The Morgan fingerprint density at radius 3 is 2.73 bits per heavy atom. The molecule has 1 amide bonds. The number of aromatic hydroxyl groups is 1. The van der Waals surface area contributed by atoms with E-state index in [9.17, 15) is 9.90 Å². The minimum absolute atomic E-state index is 0.0563. The summed E-state index contributed by atoms with van der Waals surface area (Å²) < 4.78 is 2.87. The number of nitrogens with one attached hydrogen (secondary N) is 1. The zero-order valence-electron chi connectivity index (χ0n) is 18.1. The number of amides is 1. The van der Waals surface area contributed by atoms with E-state index in [4.69, 9.17) is 0 Å². The molecule has 5 nitrogen and oxygen atoms in total. The van der Waals surface area contributed by atoms with E-state index in [1.54, 1.807) is 12.3 Å². The number of carbonyl (C=O) groups is 1. The van der Waals surface area contributed by atoms with E-state index in [1.165, 1.54) is 28.7 Å². The molecule has 0 saturated heterocycles. The van der Waals surface area contributed by atoms with E-state index < -0.39 is 0 Å². The van der Waals surface area contributed by atoms with Crippen molar-refractivity contribution in [3.8, 4) is 5.75 Å². The lowest BCUT2D eigenvalue weighted by Crippen LogP contribution is -2.13. The van der Waals surface area contributed by atoms with Crippen molar-refractivity contribution < 1.29 is 9.90 Å². The van der Waals surface area contributed by atoms with Crippen LogP contribution >= 0.6 is 45.7 Å². The summed E-state index contributed by atoms with van der Waals surface area (Å²) in [6, 6.07) is 19.1. The summed E-state index contributed by atoms with van der Waals surface area (Å²) in [7, 11) is 0. The molecule has 0 aliphatic carbocycles. The maximum Gasteiger partial charge on any atom is 0.234 e. The molecule has 8 heteroatoms. The lowest BCUT2D eigenvalue weighted by atomic mass is 10.0. The van der Waals surface area contributed by atoms with Gasteiger partial charge in [-0.15, -0.1) is 11.3 Å². The van der Waals surface area contributed by atoms with Crippen LogP contribution in [-0.4, -0.2) is 28.0 Å². The van der Waals surface area contributed by atoms with Crippen molar-refractivity contribution in [3.63, 3.8) is 0 Å². The van der Waals surface area contributed by atoms with E-state index in [0.29, 0.717) is 17.2 Å². The van der Waals surface area contributed by atoms with Crippen LogP contribution in [-0.2, 0) is 4.79 Å². The van der Waals surface area contributed by atoms with Gasteiger partial charge in [-0.1, -0.05) is 37.7 Å². The second kappa shape index (κ2) is 10.7. The molecule has 33 heavy (non-hydrogen) atoms. The van der Waals surface area contributed by atoms with Gasteiger partial charge in [-0.2, -0.15) is 0 Å². The number of fused-ring (bicyclic) bond motifs is 1. The summed E-state index contributed by atoms with van der Waals surface area (Å²) >= 11 is 5.17. The molecule has 4 rings (SSSR count). The summed E-state index contributed by atoms with van der Waals surface area (Å²) in [4.78, 5) is 21.5. The van der Waals surface area contributed by atoms with Gasteiger partial charge in [0, 0.05) is 21.0 Å². The fraction of sp³-hybridized carbons (Fsp3) is 0.160. The zero-order chi connectivity index (χ0) is 23.4. The molecule has 0 bridgehead atoms. The SMILES string of the molecule is CC(C)c1ccc(NC(=O)CSc2nc3ccc(N=Cc4cc(I)ccc4O)cc3s2)cc1. The summed E-state index contributed by atoms with van der Waals surface area (Å²) in [5.74, 6) is 0.901. The summed E-state index contributed by atoms with van der Waals surface area (Å²) in [6.07, 6.45) is 1.66. The molecule has 1 aromatic heterocycles. The van der Waals surface area contributed by atoms with Crippen LogP contribution in [0.25, 0.3) is 10.2 Å². The van der Waals surface area contributed by atoms with E-state index >= 15 is 0 Å². The van der Waals surface area contributed by atoms with E-state index in [2.05, 4.69) is 51.7 Å². The number of hydrogen-bond donors (Lipinski definition) is 2. The molecule has 0 atom stereocenters. The summed E-state index contributed by atoms with van der Waals surface area (Å²) in [5.41, 5.74) is 4.38. The molecular weight excluding hydrogens is 565 g/mol. The minimum Gasteiger partial charge on any atom is -0.507 e. The molecule has 0 aliphatic rings. The Kier molecular flexibility index (Phi) is 7.67. The molecule has 0 aliphatic heterocycles. The van der Waals surface area contributed by atoms with Gasteiger partial charge in [0.15, 0.2) is 4.34 Å². The smallest absolute Gasteiger partial charge is 0.234 e. The number of thioether (sulfide) groups is 1. The van der Waals surface area contributed by atoms with Crippen molar-refractivity contribution in [3.05, 3.63) is 75.4 Å². The molecule has 4 aromatic rings. The zero-order valence-corrected chi connectivity index (χ0v) is 21.9. The minimum atomic E-state index is -0.0563. The number of anilines is 1. The lowest BCUT2D eigenvalue weighted by molar-refractivity contribution is -0.113. The second-order valence-corrected chi connectivity index (χ2v) is 11.2. The van der Waals surface area contributed by atoms with Gasteiger partial charge < -0.3 is 10.4 Å². The molecule has 0 spiro atoms. The fourth-order valence-electron chi connectivity index (χ4n) is 3.08. The van der Waals surface area contributed by atoms with Gasteiger partial charge >= 0.3 is 0 Å². The number of hydrogen-bond acceptors (Lipinski definition) is 6. The van der Waals surface area contributed by atoms with Crippen LogP contribution in [0.4, 0.5) is 11.4 Å². The summed E-state index contributed by atoms with van der Waals surface area (Å²) in [5, 5.41) is 12.9. The van der Waals surface area contributed by atoms with Crippen molar-refractivity contribution >= 4 is 79.4 Å². The third-order valence-electron chi connectivity index (χ3n) is 4.88. The van der Waals surface area contributed by atoms with E-state index in [-0.39, 0.29) is 11.7 Å².